The lowest BCUT2D eigenvalue weighted by Crippen LogP contribution is -2.41. The summed E-state index contributed by atoms with van der Waals surface area (Å²) in [6, 6.07) is 0. The Morgan fingerprint density at radius 3 is 2.12 bits per heavy atom. The molecule has 0 saturated heterocycles. The average Bonchev–Trinajstić information content (AvgIpc) is 2.14. The summed E-state index contributed by atoms with van der Waals surface area (Å²) in [5.41, 5.74) is 0. The summed E-state index contributed by atoms with van der Waals surface area (Å²) >= 11 is 0. The SMILES string of the molecule is COC(CCO)CCO[Si](C)(C)C(C)(C)C. The molecule has 0 aliphatic carbocycles. The van der Waals surface area contributed by atoms with Gasteiger partial charge in [-0.1, -0.05) is 20.8 Å². The Labute approximate surface area is 101 Å². The highest BCUT2D eigenvalue weighted by Crippen LogP contribution is 2.36. The first kappa shape index (κ1) is 16.1. The van der Waals surface area contributed by atoms with Gasteiger partial charge in [0, 0.05) is 20.3 Å². The van der Waals surface area contributed by atoms with Crippen molar-refractivity contribution in [1.29, 1.82) is 0 Å². The third-order valence-corrected chi connectivity index (χ3v) is 8.03. The molecule has 1 unspecified atom stereocenters. The number of hydrogen-bond acceptors (Lipinski definition) is 3. The maximum atomic E-state index is 8.84. The van der Waals surface area contributed by atoms with E-state index in [0.717, 1.165) is 13.0 Å². The van der Waals surface area contributed by atoms with Gasteiger partial charge in [-0.2, -0.15) is 0 Å². The molecule has 0 spiro atoms. The van der Waals surface area contributed by atoms with Gasteiger partial charge in [0.2, 0.25) is 0 Å². The van der Waals surface area contributed by atoms with Crippen LogP contribution in [0, 0.1) is 0 Å². The lowest BCUT2D eigenvalue weighted by Gasteiger charge is -2.36. The van der Waals surface area contributed by atoms with E-state index in [-0.39, 0.29) is 17.7 Å². The van der Waals surface area contributed by atoms with E-state index in [4.69, 9.17) is 14.3 Å². The van der Waals surface area contributed by atoms with Gasteiger partial charge >= 0.3 is 0 Å². The summed E-state index contributed by atoms with van der Waals surface area (Å²) in [4.78, 5) is 0. The zero-order chi connectivity index (χ0) is 12.8. The van der Waals surface area contributed by atoms with Crippen LogP contribution >= 0.6 is 0 Å². The van der Waals surface area contributed by atoms with E-state index in [1.54, 1.807) is 7.11 Å². The van der Waals surface area contributed by atoms with Gasteiger partial charge in [0.15, 0.2) is 8.32 Å². The number of aliphatic hydroxyl groups excluding tert-OH is 1. The molecule has 0 aromatic heterocycles. The van der Waals surface area contributed by atoms with E-state index in [1.807, 2.05) is 0 Å². The van der Waals surface area contributed by atoms with Crippen LogP contribution in [0.25, 0.3) is 0 Å². The molecule has 0 amide bonds. The van der Waals surface area contributed by atoms with Crippen LogP contribution in [-0.4, -0.2) is 39.9 Å². The number of aliphatic hydroxyl groups is 1. The van der Waals surface area contributed by atoms with Gasteiger partial charge in [0.25, 0.3) is 0 Å². The zero-order valence-corrected chi connectivity index (χ0v) is 12.7. The second kappa shape index (κ2) is 6.74. The van der Waals surface area contributed by atoms with Gasteiger partial charge in [0.05, 0.1) is 6.10 Å². The molecule has 1 N–H and O–H groups in total. The number of hydrogen-bond donors (Lipinski definition) is 1. The Morgan fingerprint density at radius 1 is 1.19 bits per heavy atom. The molecule has 0 aromatic rings. The smallest absolute Gasteiger partial charge is 0.191 e. The zero-order valence-electron chi connectivity index (χ0n) is 11.7. The van der Waals surface area contributed by atoms with E-state index in [1.165, 1.54) is 0 Å². The van der Waals surface area contributed by atoms with Crippen molar-refractivity contribution in [3.63, 3.8) is 0 Å². The molecule has 98 valence electrons. The fourth-order valence-corrected chi connectivity index (χ4v) is 2.25. The maximum absolute atomic E-state index is 8.84. The Hall–Kier alpha value is 0.0969. The average molecular weight is 248 g/mol. The largest absolute Gasteiger partial charge is 0.417 e. The molecule has 3 nitrogen and oxygen atoms in total. The summed E-state index contributed by atoms with van der Waals surface area (Å²) in [7, 11) is 0.0617. The maximum Gasteiger partial charge on any atom is 0.191 e. The summed E-state index contributed by atoms with van der Waals surface area (Å²) in [6.07, 6.45) is 1.68. The molecule has 0 rings (SSSR count). The summed E-state index contributed by atoms with van der Waals surface area (Å²) in [6.45, 7) is 12.1. The first-order valence-corrected chi connectivity index (χ1v) is 8.93. The van der Waals surface area contributed by atoms with Gasteiger partial charge in [-0.25, -0.2) is 0 Å². The lowest BCUT2D eigenvalue weighted by molar-refractivity contribution is 0.0583. The molecule has 1 atom stereocenters. The summed E-state index contributed by atoms with van der Waals surface area (Å²) in [5.74, 6) is 0. The third-order valence-electron chi connectivity index (χ3n) is 3.49. The Balaban J connectivity index is 3.97. The van der Waals surface area contributed by atoms with Crippen molar-refractivity contribution in [3.05, 3.63) is 0 Å². The van der Waals surface area contributed by atoms with Gasteiger partial charge in [-0.05, 0) is 31.0 Å². The minimum absolute atomic E-state index is 0.120. The predicted molar refractivity (Wildman–Crippen MR) is 70.3 cm³/mol. The molecule has 0 aliphatic rings. The number of methoxy groups -OCH3 is 1. The predicted octanol–water partition coefficient (Wildman–Crippen LogP) is 2.80. The first-order chi connectivity index (χ1) is 7.24. The van der Waals surface area contributed by atoms with Crippen molar-refractivity contribution in [3.8, 4) is 0 Å². The van der Waals surface area contributed by atoms with Crippen LogP contribution < -0.4 is 0 Å². The van der Waals surface area contributed by atoms with E-state index in [0.29, 0.717) is 6.42 Å². The van der Waals surface area contributed by atoms with Gasteiger partial charge < -0.3 is 14.3 Å². The normalized spacial score (nSPS) is 15.2. The van der Waals surface area contributed by atoms with Crippen molar-refractivity contribution in [2.24, 2.45) is 0 Å². The fraction of sp³-hybridized carbons (Fsp3) is 1.00. The summed E-state index contributed by atoms with van der Waals surface area (Å²) < 4.78 is 11.3. The van der Waals surface area contributed by atoms with Crippen LogP contribution in [0.3, 0.4) is 0 Å². The first-order valence-electron chi connectivity index (χ1n) is 6.02. The molecule has 0 radical (unpaired) electrons. The van der Waals surface area contributed by atoms with Crippen molar-refractivity contribution >= 4 is 8.32 Å². The summed E-state index contributed by atoms with van der Waals surface area (Å²) in [5, 5.41) is 9.10. The van der Waals surface area contributed by atoms with Gasteiger partial charge in [-0.3, -0.25) is 0 Å². The molecular weight excluding hydrogens is 220 g/mol. The van der Waals surface area contributed by atoms with Gasteiger partial charge in [0.1, 0.15) is 0 Å². The minimum Gasteiger partial charge on any atom is -0.417 e. The highest BCUT2D eigenvalue weighted by atomic mass is 28.4. The van der Waals surface area contributed by atoms with Crippen LogP contribution in [0.5, 0.6) is 0 Å². The van der Waals surface area contributed by atoms with Crippen LogP contribution in [0.1, 0.15) is 33.6 Å². The molecule has 16 heavy (non-hydrogen) atoms. The fourth-order valence-electron chi connectivity index (χ4n) is 1.19. The third kappa shape index (κ3) is 5.43. The molecule has 0 saturated carbocycles. The van der Waals surface area contributed by atoms with Gasteiger partial charge in [-0.15, -0.1) is 0 Å². The Bertz CT molecular complexity index is 187. The van der Waals surface area contributed by atoms with E-state index < -0.39 is 8.32 Å². The second-order valence-electron chi connectivity index (χ2n) is 5.77. The van der Waals surface area contributed by atoms with Crippen LogP contribution in [0.2, 0.25) is 18.1 Å². The molecule has 0 heterocycles. The van der Waals surface area contributed by atoms with E-state index in [2.05, 4.69) is 33.9 Å². The lowest BCUT2D eigenvalue weighted by atomic mass is 10.2. The Morgan fingerprint density at radius 2 is 1.75 bits per heavy atom. The highest BCUT2D eigenvalue weighted by Gasteiger charge is 2.36. The number of rotatable bonds is 7. The molecule has 0 aliphatic heterocycles. The quantitative estimate of drug-likeness (QED) is 0.704. The van der Waals surface area contributed by atoms with Crippen LogP contribution in [-0.2, 0) is 9.16 Å². The second-order valence-corrected chi connectivity index (χ2v) is 10.6. The topological polar surface area (TPSA) is 38.7 Å². The van der Waals surface area contributed by atoms with Crippen molar-refractivity contribution in [2.75, 3.05) is 20.3 Å². The Kier molecular flexibility index (Phi) is 6.78. The van der Waals surface area contributed by atoms with Crippen molar-refractivity contribution < 1.29 is 14.3 Å². The minimum atomic E-state index is -1.63. The molecule has 0 fully saturated rings. The molecule has 0 bridgehead atoms. The monoisotopic (exact) mass is 248 g/mol. The van der Waals surface area contributed by atoms with E-state index >= 15 is 0 Å². The highest BCUT2D eigenvalue weighted by molar-refractivity contribution is 6.74. The van der Waals surface area contributed by atoms with Crippen molar-refractivity contribution in [1.82, 2.24) is 0 Å². The molecular formula is C12H28O3Si. The van der Waals surface area contributed by atoms with Crippen LogP contribution in [0.15, 0.2) is 0 Å². The van der Waals surface area contributed by atoms with E-state index in [9.17, 15) is 0 Å². The molecule has 0 aromatic carbocycles. The number of ether oxygens (including phenoxy) is 1. The molecule has 4 heteroatoms. The van der Waals surface area contributed by atoms with Crippen molar-refractivity contribution in [2.45, 2.75) is 57.8 Å². The van der Waals surface area contributed by atoms with Crippen LogP contribution in [0.4, 0.5) is 0 Å². The standard InChI is InChI=1S/C12H28O3Si/c1-12(2,3)16(5,6)15-10-8-11(14-4)7-9-13/h11,13H,7-10H2,1-6H3.